The molecule has 0 amide bonds. The molecule has 0 radical (unpaired) electrons. The second kappa shape index (κ2) is 2.85. The van der Waals surface area contributed by atoms with Crippen LogP contribution in [0, 0.1) is 0 Å². The minimum Gasteiger partial charge on any atom is -0.477 e. The fourth-order valence-electron chi connectivity index (χ4n) is 1.18. The van der Waals surface area contributed by atoms with Gasteiger partial charge in [-0.15, -0.1) is 0 Å². The van der Waals surface area contributed by atoms with Crippen LogP contribution in [-0.2, 0) is 6.54 Å². The van der Waals surface area contributed by atoms with Crippen molar-refractivity contribution in [2.24, 2.45) is 4.99 Å². The molecule has 0 saturated heterocycles. The number of aromatic carboxylic acids is 1. The van der Waals surface area contributed by atoms with Crippen LogP contribution in [0.25, 0.3) is 0 Å². The highest BCUT2D eigenvalue weighted by Gasteiger charge is 2.19. The van der Waals surface area contributed by atoms with Crippen molar-refractivity contribution in [3.05, 3.63) is 11.8 Å². The van der Waals surface area contributed by atoms with Crippen LogP contribution in [0.4, 0.5) is 5.82 Å². The van der Waals surface area contributed by atoms with E-state index in [4.69, 9.17) is 16.7 Å². The van der Waals surface area contributed by atoms with E-state index in [1.807, 2.05) is 0 Å². The molecule has 1 N–H and O–H groups in total. The average molecular weight is 200 g/mol. The molecular weight excluding hydrogens is 194 g/mol. The molecule has 0 aromatic carbocycles. The number of rotatable bonds is 1. The Morgan fingerprint density at radius 2 is 2.46 bits per heavy atom. The van der Waals surface area contributed by atoms with E-state index < -0.39 is 5.97 Å². The molecule has 1 aromatic rings. The van der Waals surface area contributed by atoms with E-state index in [1.54, 1.807) is 0 Å². The smallest absolute Gasteiger partial charge is 0.341 e. The van der Waals surface area contributed by atoms with E-state index in [-0.39, 0.29) is 5.56 Å². The van der Waals surface area contributed by atoms with Gasteiger partial charge in [0.1, 0.15) is 10.7 Å². The first-order chi connectivity index (χ1) is 6.18. The third-order valence-electron chi connectivity index (χ3n) is 1.80. The Labute approximate surface area is 78.6 Å². The summed E-state index contributed by atoms with van der Waals surface area (Å²) in [7, 11) is 0. The van der Waals surface area contributed by atoms with Crippen molar-refractivity contribution in [3.8, 4) is 0 Å². The van der Waals surface area contributed by atoms with E-state index in [0.29, 0.717) is 24.0 Å². The van der Waals surface area contributed by atoms with Crippen LogP contribution >= 0.6 is 11.6 Å². The number of fused-ring (bicyclic) bond motifs is 1. The van der Waals surface area contributed by atoms with Gasteiger partial charge in [0.25, 0.3) is 0 Å². The van der Waals surface area contributed by atoms with Crippen LogP contribution in [0.15, 0.2) is 11.2 Å². The Kier molecular flexibility index (Phi) is 1.81. The quantitative estimate of drug-likeness (QED) is 0.740. The van der Waals surface area contributed by atoms with Crippen molar-refractivity contribution < 1.29 is 9.90 Å². The van der Waals surface area contributed by atoms with Crippen LogP contribution in [0.2, 0.25) is 0 Å². The van der Waals surface area contributed by atoms with Gasteiger partial charge in [0.2, 0.25) is 0 Å². The minimum absolute atomic E-state index is 0.0952. The average Bonchev–Trinajstić information content (AvgIpc) is 2.46. The fourth-order valence-corrected chi connectivity index (χ4v) is 1.34. The second-order valence-electron chi connectivity index (χ2n) is 2.65. The van der Waals surface area contributed by atoms with Gasteiger partial charge in [-0.25, -0.2) is 14.5 Å². The van der Waals surface area contributed by atoms with Gasteiger partial charge in [0.15, 0.2) is 5.82 Å². The number of aromatic nitrogens is 2. The standard InChI is InChI=1S/C7H6ClN3O2/c8-5-1-2-11-6(10-5)4(3-9-11)7(12)13/h3H,1-2H2,(H,12,13). The summed E-state index contributed by atoms with van der Waals surface area (Å²) >= 11 is 5.69. The summed E-state index contributed by atoms with van der Waals surface area (Å²) in [5.74, 6) is -0.694. The molecule has 0 saturated carbocycles. The summed E-state index contributed by atoms with van der Waals surface area (Å²) < 4.78 is 1.54. The first kappa shape index (κ1) is 8.25. The zero-order chi connectivity index (χ0) is 9.42. The molecule has 2 heterocycles. The highest BCUT2D eigenvalue weighted by molar-refractivity contribution is 6.65. The first-order valence-electron chi connectivity index (χ1n) is 3.70. The van der Waals surface area contributed by atoms with Gasteiger partial charge < -0.3 is 5.11 Å². The van der Waals surface area contributed by atoms with Crippen molar-refractivity contribution in [1.82, 2.24) is 9.78 Å². The van der Waals surface area contributed by atoms with Gasteiger partial charge >= 0.3 is 5.97 Å². The van der Waals surface area contributed by atoms with Crippen LogP contribution in [0.5, 0.6) is 0 Å². The molecule has 6 heteroatoms. The van der Waals surface area contributed by atoms with Gasteiger partial charge in [-0.1, -0.05) is 11.6 Å². The Hall–Kier alpha value is -1.36. The Bertz CT molecular complexity index is 396. The number of carboxylic acids is 1. The van der Waals surface area contributed by atoms with Crippen molar-refractivity contribution in [2.75, 3.05) is 0 Å². The first-order valence-corrected chi connectivity index (χ1v) is 4.08. The van der Waals surface area contributed by atoms with E-state index in [1.165, 1.54) is 10.9 Å². The highest BCUT2D eigenvalue weighted by atomic mass is 35.5. The maximum absolute atomic E-state index is 10.7. The van der Waals surface area contributed by atoms with Crippen molar-refractivity contribution in [2.45, 2.75) is 13.0 Å². The normalized spacial score (nSPS) is 15.0. The van der Waals surface area contributed by atoms with E-state index in [9.17, 15) is 4.79 Å². The lowest BCUT2D eigenvalue weighted by atomic mass is 10.3. The zero-order valence-corrected chi connectivity index (χ0v) is 7.32. The van der Waals surface area contributed by atoms with Crippen molar-refractivity contribution in [1.29, 1.82) is 0 Å². The second-order valence-corrected chi connectivity index (χ2v) is 3.08. The lowest BCUT2D eigenvalue weighted by Crippen LogP contribution is -2.09. The Morgan fingerprint density at radius 1 is 1.69 bits per heavy atom. The molecule has 2 rings (SSSR count). The maximum atomic E-state index is 10.7. The van der Waals surface area contributed by atoms with E-state index >= 15 is 0 Å². The molecule has 1 aromatic heterocycles. The topological polar surface area (TPSA) is 67.5 Å². The predicted octanol–water partition coefficient (Wildman–Crippen LogP) is 1.25. The number of aliphatic imine (C=N–C) groups is 1. The number of carboxylic acid groups (broad SMARTS) is 1. The SMILES string of the molecule is O=C(O)c1cnn2c1N=C(Cl)CC2. The molecule has 1 aliphatic rings. The summed E-state index contributed by atoms with van der Waals surface area (Å²) in [6, 6.07) is 0. The van der Waals surface area contributed by atoms with Gasteiger partial charge in [0, 0.05) is 13.0 Å². The molecular formula is C7H6ClN3O2. The lowest BCUT2D eigenvalue weighted by Gasteiger charge is -2.09. The Morgan fingerprint density at radius 3 is 3.15 bits per heavy atom. The van der Waals surface area contributed by atoms with Gasteiger partial charge in [-0.05, 0) is 0 Å². The number of hydrogen-bond acceptors (Lipinski definition) is 3. The van der Waals surface area contributed by atoms with E-state index in [0.717, 1.165) is 0 Å². The summed E-state index contributed by atoms with van der Waals surface area (Å²) in [5.41, 5.74) is 0.0952. The molecule has 1 aliphatic heterocycles. The van der Waals surface area contributed by atoms with Crippen molar-refractivity contribution in [3.63, 3.8) is 0 Å². The minimum atomic E-state index is -1.03. The monoisotopic (exact) mass is 199 g/mol. The molecule has 0 atom stereocenters. The van der Waals surface area contributed by atoms with E-state index in [2.05, 4.69) is 10.1 Å². The molecule has 0 unspecified atom stereocenters. The summed E-state index contributed by atoms with van der Waals surface area (Å²) in [6.45, 7) is 0.588. The molecule has 13 heavy (non-hydrogen) atoms. The van der Waals surface area contributed by atoms with Crippen molar-refractivity contribution >= 4 is 28.6 Å². The fraction of sp³-hybridized carbons (Fsp3) is 0.286. The zero-order valence-electron chi connectivity index (χ0n) is 6.57. The summed E-state index contributed by atoms with van der Waals surface area (Å²) in [6.07, 6.45) is 1.89. The number of aryl methyl sites for hydroxylation is 1. The largest absolute Gasteiger partial charge is 0.477 e. The van der Waals surface area contributed by atoms with Crippen LogP contribution in [-0.4, -0.2) is 26.0 Å². The molecule has 68 valence electrons. The third kappa shape index (κ3) is 1.31. The number of carbonyl (C=O) groups is 1. The number of hydrogen-bond donors (Lipinski definition) is 1. The lowest BCUT2D eigenvalue weighted by molar-refractivity contribution is 0.0698. The van der Waals surface area contributed by atoms with Crippen LogP contribution in [0.1, 0.15) is 16.8 Å². The predicted molar refractivity (Wildman–Crippen MR) is 46.8 cm³/mol. The number of halogens is 1. The van der Waals surface area contributed by atoms with Gasteiger partial charge in [0.05, 0.1) is 6.20 Å². The van der Waals surface area contributed by atoms with Crippen LogP contribution < -0.4 is 0 Å². The summed E-state index contributed by atoms with van der Waals surface area (Å²) in [5, 5.41) is 13.1. The molecule has 0 bridgehead atoms. The van der Waals surface area contributed by atoms with Gasteiger partial charge in [-0.3, -0.25) is 0 Å². The molecule has 0 spiro atoms. The third-order valence-corrected chi connectivity index (χ3v) is 2.07. The summed E-state index contributed by atoms with van der Waals surface area (Å²) in [4.78, 5) is 14.6. The molecule has 0 aliphatic carbocycles. The Balaban J connectivity index is 2.55. The van der Waals surface area contributed by atoms with Gasteiger partial charge in [-0.2, -0.15) is 5.10 Å². The van der Waals surface area contributed by atoms with Crippen LogP contribution in [0.3, 0.4) is 0 Å². The molecule has 5 nitrogen and oxygen atoms in total. The maximum Gasteiger partial charge on any atom is 0.341 e. The molecule has 0 fully saturated rings. The number of nitrogens with zero attached hydrogens (tertiary/aromatic N) is 3. The highest BCUT2D eigenvalue weighted by Crippen LogP contribution is 2.24.